The number of nitrogens with two attached hydrogens (primary N) is 1. The third-order valence-electron chi connectivity index (χ3n) is 1.72. The van der Waals surface area contributed by atoms with Crippen LogP contribution in [0.4, 0.5) is 5.69 Å². The van der Waals surface area contributed by atoms with Gasteiger partial charge in [0.2, 0.25) is 0 Å². The minimum atomic E-state index is 0.502. The standard InChI is InChI=1S/C11H13NO2/c1-3-4-7-14-9-5-6-11(13-2)10(12)8-9/h1,5-6,8H,4,7,12H2,2H3. The smallest absolute Gasteiger partial charge is 0.142 e. The van der Waals surface area contributed by atoms with E-state index in [4.69, 9.17) is 21.6 Å². The molecule has 2 N–H and O–H groups in total. The van der Waals surface area contributed by atoms with Crippen molar-refractivity contribution in [3.63, 3.8) is 0 Å². The van der Waals surface area contributed by atoms with Gasteiger partial charge in [0.1, 0.15) is 11.5 Å². The number of nitrogen functional groups attached to an aromatic ring is 1. The number of rotatable bonds is 4. The predicted octanol–water partition coefficient (Wildman–Crippen LogP) is 1.68. The van der Waals surface area contributed by atoms with Crippen LogP contribution < -0.4 is 15.2 Å². The second-order valence-corrected chi connectivity index (χ2v) is 2.71. The molecule has 0 radical (unpaired) electrons. The van der Waals surface area contributed by atoms with E-state index in [1.54, 1.807) is 25.3 Å². The van der Waals surface area contributed by atoms with Crippen LogP contribution in [-0.2, 0) is 0 Å². The zero-order valence-electron chi connectivity index (χ0n) is 8.12. The topological polar surface area (TPSA) is 44.5 Å². The molecule has 1 rings (SSSR count). The zero-order valence-corrected chi connectivity index (χ0v) is 8.12. The molecule has 1 aromatic rings. The van der Waals surface area contributed by atoms with E-state index >= 15 is 0 Å². The number of anilines is 1. The monoisotopic (exact) mass is 191 g/mol. The minimum absolute atomic E-state index is 0.502. The van der Waals surface area contributed by atoms with E-state index in [0.29, 0.717) is 30.2 Å². The summed E-state index contributed by atoms with van der Waals surface area (Å²) in [4.78, 5) is 0. The van der Waals surface area contributed by atoms with Crippen LogP contribution in [-0.4, -0.2) is 13.7 Å². The third kappa shape index (κ3) is 2.60. The van der Waals surface area contributed by atoms with Crippen LogP contribution in [0.15, 0.2) is 18.2 Å². The summed E-state index contributed by atoms with van der Waals surface area (Å²) in [5.74, 6) is 3.85. The summed E-state index contributed by atoms with van der Waals surface area (Å²) in [6.45, 7) is 0.502. The van der Waals surface area contributed by atoms with Gasteiger partial charge in [-0.15, -0.1) is 12.3 Å². The molecule has 1 aromatic carbocycles. The molecule has 0 atom stereocenters. The van der Waals surface area contributed by atoms with Crippen molar-refractivity contribution in [2.75, 3.05) is 19.5 Å². The average Bonchev–Trinajstić information content (AvgIpc) is 2.18. The van der Waals surface area contributed by atoms with E-state index in [0.717, 1.165) is 0 Å². The van der Waals surface area contributed by atoms with E-state index in [1.165, 1.54) is 0 Å². The van der Waals surface area contributed by atoms with Crippen LogP contribution in [0.25, 0.3) is 0 Å². The summed E-state index contributed by atoms with van der Waals surface area (Å²) >= 11 is 0. The Kier molecular flexibility index (Phi) is 3.69. The van der Waals surface area contributed by atoms with Gasteiger partial charge in [0.15, 0.2) is 0 Å². The Balaban J connectivity index is 2.63. The van der Waals surface area contributed by atoms with E-state index in [2.05, 4.69) is 5.92 Å². The minimum Gasteiger partial charge on any atom is -0.495 e. The Hall–Kier alpha value is -1.82. The average molecular weight is 191 g/mol. The van der Waals surface area contributed by atoms with E-state index in [-0.39, 0.29) is 0 Å². The van der Waals surface area contributed by atoms with Gasteiger partial charge in [0.25, 0.3) is 0 Å². The van der Waals surface area contributed by atoms with Crippen molar-refractivity contribution < 1.29 is 9.47 Å². The molecule has 14 heavy (non-hydrogen) atoms. The fourth-order valence-corrected chi connectivity index (χ4v) is 1.03. The molecule has 0 amide bonds. The molecule has 0 aliphatic rings. The molecule has 0 bridgehead atoms. The van der Waals surface area contributed by atoms with Crippen molar-refractivity contribution in [3.05, 3.63) is 18.2 Å². The molecular weight excluding hydrogens is 178 g/mol. The van der Waals surface area contributed by atoms with Gasteiger partial charge in [-0.1, -0.05) is 0 Å². The van der Waals surface area contributed by atoms with E-state index < -0.39 is 0 Å². The van der Waals surface area contributed by atoms with Crippen LogP contribution in [0, 0.1) is 12.3 Å². The van der Waals surface area contributed by atoms with Gasteiger partial charge >= 0.3 is 0 Å². The molecule has 74 valence electrons. The molecule has 0 saturated heterocycles. The summed E-state index contributed by atoms with van der Waals surface area (Å²) in [5.41, 5.74) is 6.25. The largest absolute Gasteiger partial charge is 0.495 e. The SMILES string of the molecule is C#CCCOc1ccc(OC)c(N)c1. The molecule has 0 unspecified atom stereocenters. The maximum Gasteiger partial charge on any atom is 0.142 e. The van der Waals surface area contributed by atoms with Crippen LogP contribution in [0.3, 0.4) is 0 Å². The fourth-order valence-electron chi connectivity index (χ4n) is 1.03. The molecule has 3 heteroatoms. The summed E-state index contributed by atoms with van der Waals surface area (Å²) in [5, 5.41) is 0. The van der Waals surface area contributed by atoms with Gasteiger partial charge in [-0.25, -0.2) is 0 Å². The lowest BCUT2D eigenvalue weighted by molar-refractivity contribution is 0.326. The summed E-state index contributed by atoms with van der Waals surface area (Å²) in [7, 11) is 1.57. The highest BCUT2D eigenvalue weighted by Gasteiger charge is 2.00. The van der Waals surface area contributed by atoms with Crippen LogP contribution in [0.5, 0.6) is 11.5 Å². The van der Waals surface area contributed by atoms with Crippen molar-refractivity contribution in [2.24, 2.45) is 0 Å². The summed E-state index contributed by atoms with van der Waals surface area (Å²) in [6.07, 6.45) is 5.68. The highest BCUT2D eigenvalue weighted by atomic mass is 16.5. The molecular formula is C11H13NO2. The Morgan fingerprint density at radius 3 is 2.86 bits per heavy atom. The molecule has 0 aliphatic heterocycles. The molecule has 0 saturated carbocycles. The fraction of sp³-hybridized carbons (Fsp3) is 0.273. The Bertz CT molecular complexity index is 342. The molecule has 0 aromatic heterocycles. The Morgan fingerprint density at radius 1 is 1.50 bits per heavy atom. The van der Waals surface area contributed by atoms with Gasteiger partial charge in [0.05, 0.1) is 19.4 Å². The summed E-state index contributed by atoms with van der Waals surface area (Å²) in [6, 6.07) is 5.28. The van der Waals surface area contributed by atoms with Gasteiger partial charge in [-0.3, -0.25) is 0 Å². The van der Waals surface area contributed by atoms with Crippen molar-refractivity contribution in [1.29, 1.82) is 0 Å². The number of ether oxygens (including phenoxy) is 2. The molecule has 3 nitrogen and oxygen atoms in total. The summed E-state index contributed by atoms with van der Waals surface area (Å²) < 4.78 is 10.4. The van der Waals surface area contributed by atoms with E-state index in [1.807, 2.05) is 0 Å². The first kappa shape index (κ1) is 10.3. The lowest BCUT2D eigenvalue weighted by Gasteiger charge is -2.07. The second kappa shape index (κ2) is 5.03. The van der Waals surface area contributed by atoms with Crippen LogP contribution >= 0.6 is 0 Å². The second-order valence-electron chi connectivity index (χ2n) is 2.71. The van der Waals surface area contributed by atoms with Crippen molar-refractivity contribution in [2.45, 2.75) is 6.42 Å². The molecule has 0 aliphatic carbocycles. The highest BCUT2D eigenvalue weighted by molar-refractivity contribution is 5.56. The first-order valence-corrected chi connectivity index (χ1v) is 4.27. The first-order chi connectivity index (χ1) is 6.77. The van der Waals surface area contributed by atoms with Crippen molar-refractivity contribution in [1.82, 2.24) is 0 Å². The number of benzene rings is 1. The lowest BCUT2D eigenvalue weighted by atomic mass is 10.3. The maximum atomic E-state index is 5.69. The number of hydrogen-bond acceptors (Lipinski definition) is 3. The zero-order chi connectivity index (χ0) is 10.4. The number of methoxy groups -OCH3 is 1. The molecule has 0 fully saturated rings. The van der Waals surface area contributed by atoms with Crippen molar-refractivity contribution >= 4 is 5.69 Å². The van der Waals surface area contributed by atoms with Gasteiger partial charge in [0, 0.05) is 12.5 Å². The quantitative estimate of drug-likeness (QED) is 0.447. The van der Waals surface area contributed by atoms with Gasteiger partial charge < -0.3 is 15.2 Å². The van der Waals surface area contributed by atoms with E-state index in [9.17, 15) is 0 Å². The van der Waals surface area contributed by atoms with Crippen LogP contribution in [0.1, 0.15) is 6.42 Å². The lowest BCUT2D eigenvalue weighted by Crippen LogP contribution is -1.98. The normalized spacial score (nSPS) is 9.14. The van der Waals surface area contributed by atoms with Gasteiger partial charge in [-0.05, 0) is 12.1 Å². The van der Waals surface area contributed by atoms with Crippen molar-refractivity contribution in [3.8, 4) is 23.8 Å². The predicted molar refractivity (Wildman–Crippen MR) is 56.4 cm³/mol. The highest BCUT2D eigenvalue weighted by Crippen LogP contribution is 2.25. The third-order valence-corrected chi connectivity index (χ3v) is 1.72. The number of hydrogen-bond donors (Lipinski definition) is 1. The maximum absolute atomic E-state index is 5.69. The molecule has 0 spiro atoms. The Labute approximate surface area is 83.8 Å². The first-order valence-electron chi connectivity index (χ1n) is 4.27. The van der Waals surface area contributed by atoms with Gasteiger partial charge in [-0.2, -0.15) is 0 Å². The molecule has 0 heterocycles. The number of terminal acetylenes is 1. The van der Waals surface area contributed by atoms with Crippen LogP contribution in [0.2, 0.25) is 0 Å². The Morgan fingerprint density at radius 2 is 2.29 bits per heavy atom.